The first-order valence-electron chi connectivity index (χ1n) is 5.70. The van der Waals surface area contributed by atoms with Crippen molar-refractivity contribution in [3.63, 3.8) is 0 Å². The Labute approximate surface area is 106 Å². The number of aliphatic carboxylic acids is 2. The van der Waals surface area contributed by atoms with Crippen LogP contribution in [-0.2, 0) is 9.59 Å². The van der Waals surface area contributed by atoms with Crippen LogP contribution in [0.3, 0.4) is 0 Å². The average Bonchev–Trinajstić information content (AvgIpc) is 2.28. The van der Waals surface area contributed by atoms with Crippen molar-refractivity contribution in [2.45, 2.75) is 12.8 Å². The molecule has 0 aliphatic heterocycles. The van der Waals surface area contributed by atoms with E-state index in [9.17, 15) is 9.59 Å². The molecule has 5 heteroatoms. The third-order valence-corrected chi connectivity index (χ3v) is 2.62. The van der Waals surface area contributed by atoms with Gasteiger partial charge in [-0.1, -0.05) is 37.3 Å². The first kappa shape index (κ1) is 14.2. The molecule has 0 aromatic heterocycles. The van der Waals surface area contributed by atoms with Gasteiger partial charge in [0.15, 0.2) is 0 Å². The summed E-state index contributed by atoms with van der Waals surface area (Å²) in [4.78, 5) is 22.8. The van der Waals surface area contributed by atoms with Crippen LogP contribution in [0.1, 0.15) is 18.4 Å². The SMILES string of the molecule is CC(CN(CC(=O)O)CC(=O)O)c1ccccc1. The topological polar surface area (TPSA) is 77.8 Å². The molecule has 1 rings (SSSR count). The number of nitrogens with zero attached hydrogens (tertiary/aromatic N) is 1. The number of carboxylic acids is 2. The van der Waals surface area contributed by atoms with Crippen molar-refractivity contribution in [3.05, 3.63) is 35.9 Å². The Bertz CT molecular complexity index is 389. The third kappa shape index (κ3) is 4.97. The molecular weight excluding hydrogens is 234 g/mol. The summed E-state index contributed by atoms with van der Waals surface area (Å²) in [6, 6.07) is 9.62. The summed E-state index contributed by atoms with van der Waals surface area (Å²) in [5, 5.41) is 17.5. The molecule has 0 amide bonds. The van der Waals surface area contributed by atoms with E-state index in [1.54, 1.807) is 0 Å². The number of carbonyl (C=O) groups is 2. The molecule has 0 aliphatic carbocycles. The fraction of sp³-hybridized carbons (Fsp3) is 0.385. The molecular formula is C13H17NO4. The fourth-order valence-corrected chi connectivity index (χ4v) is 1.84. The smallest absolute Gasteiger partial charge is 0.317 e. The average molecular weight is 251 g/mol. The minimum atomic E-state index is -1.02. The summed E-state index contributed by atoms with van der Waals surface area (Å²) in [6.07, 6.45) is 0. The third-order valence-electron chi connectivity index (χ3n) is 2.62. The molecule has 98 valence electrons. The van der Waals surface area contributed by atoms with Gasteiger partial charge in [0, 0.05) is 6.54 Å². The molecule has 18 heavy (non-hydrogen) atoms. The lowest BCUT2D eigenvalue weighted by Gasteiger charge is -2.22. The van der Waals surface area contributed by atoms with Gasteiger partial charge in [-0.15, -0.1) is 0 Å². The van der Waals surface area contributed by atoms with Gasteiger partial charge >= 0.3 is 11.9 Å². The maximum atomic E-state index is 10.7. The Kier molecular flexibility index (Phi) is 5.32. The van der Waals surface area contributed by atoms with Crippen molar-refractivity contribution < 1.29 is 19.8 Å². The van der Waals surface area contributed by atoms with Crippen molar-refractivity contribution in [1.29, 1.82) is 0 Å². The van der Waals surface area contributed by atoms with Crippen LogP contribution in [0.5, 0.6) is 0 Å². The zero-order valence-corrected chi connectivity index (χ0v) is 10.2. The van der Waals surface area contributed by atoms with E-state index in [2.05, 4.69) is 0 Å². The molecule has 1 aromatic carbocycles. The van der Waals surface area contributed by atoms with Crippen molar-refractivity contribution in [3.8, 4) is 0 Å². The van der Waals surface area contributed by atoms with E-state index in [1.165, 1.54) is 4.90 Å². The van der Waals surface area contributed by atoms with E-state index in [4.69, 9.17) is 10.2 Å². The number of hydrogen-bond acceptors (Lipinski definition) is 3. The van der Waals surface area contributed by atoms with Gasteiger partial charge < -0.3 is 10.2 Å². The lowest BCUT2D eigenvalue weighted by molar-refractivity contribution is -0.141. The maximum Gasteiger partial charge on any atom is 0.317 e. The number of rotatable bonds is 7. The van der Waals surface area contributed by atoms with Gasteiger partial charge in [0.05, 0.1) is 13.1 Å². The number of hydrogen-bond donors (Lipinski definition) is 2. The van der Waals surface area contributed by atoms with Crippen molar-refractivity contribution in [2.24, 2.45) is 0 Å². The lowest BCUT2D eigenvalue weighted by atomic mass is 10.0. The Morgan fingerprint density at radius 2 is 1.61 bits per heavy atom. The largest absolute Gasteiger partial charge is 0.480 e. The number of benzene rings is 1. The first-order valence-corrected chi connectivity index (χ1v) is 5.70. The van der Waals surface area contributed by atoms with E-state index in [-0.39, 0.29) is 19.0 Å². The van der Waals surface area contributed by atoms with Crippen LogP contribution in [0.2, 0.25) is 0 Å². The highest BCUT2D eigenvalue weighted by Crippen LogP contribution is 2.15. The monoisotopic (exact) mass is 251 g/mol. The van der Waals surface area contributed by atoms with Gasteiger partial charge in [-0.05, 0) is 11.5 Å². The highest BCUT2D eigenvalue weighted by molar-refractivity contribution is 5.72. The predicted molar refractivity (Wildman–Crippen MR) is 66.6 cm³/mol. The molecule has 1 atom stereocenters. The van der Waals surface area contributed by atoms with Crippen LogP contribution in [0.25, 0.3) is 0 Å². The number of carboxylic acid groups (broad SMARTS) is 2. The standard InChI is InChI=1S/C13H17NO4/c1-10(11-5-3-2-4-6-11)7-14(8-12(15)16)9-13(17)18/h2-6,10H,7-9H2,1H3,(H,15,16)(H,17,18). The molecule has 0 saturated carbocycles. The Balaban J connectivity index is 2.64. The molecule has 0 radical (unpaired) electrons. The van der Waals surface area contributed by atoms with Gasteiger partial charge in [-0.3, -0.25) is 14.5 Å². The summed E-state index contributed by atoms with van der Waals surface area (Å²) in [7, 11) is 0. The normalized spacial score (nSPS) is 12.3. The fourth-order valence-electron chi connectivity index (χ4n) is 1.84. The first-order chi connectivity index (χ1) is 8.49. The molecule has 0 bridgehead atoms. The summed E-state index contributed by atoms with van der Waals surface area (Å²) in [5.41, 5.74) is 1.07. The molecule has 1 unspecified atom stereocenters. The zero-order valence-electron chi connectivity index (χ0n) is 10.2. The van der Waals surface area contributed by atoms with Crippen molar-refractivity contribution >= 4 is 11.9 Å². The second-order valence-corrected chi connectivity index (χ2v) is 4.27. The Morgan fingerprint density at radius 3 is 2.06 bits per heavy atom. The lowest BCUT2D eigenvalue weighted by Crippen LogP contribution is -2.36. The molecule has 0 saturated heterocycles. The maximum absolute atomic E-state index is 10.7. The van der Waals surface area contributed by atoms with Gasteiger partial charge in [0.2, 0.25) is 0 Å². The minimum Gasteiger partial charge on any atom is -0.480 e. The molecule has 0 heterocycles. The molecule has 0 aliphatic rings. The van der Waals surface area contributed by atoms with Crippen LogP contribution in [0.15, 0.2) is 30.3 Å². The summed E-state index contributed by atoms with van der Waals surface area (Å²) < 4.78 is 0. The van der Waals surface area contributed by atoms with E-state index in [0.717, 1.165) is 5.56 Å². The highest BCUT2D eigenvalue weighted by Gasteiger charge is 2.17. The van der Waals surface area contributed by atoms with Crippen LogP contribution < -0.4 is 0 Å². The summed E-state index contributed by atoms with van der Waals surface area (Å²) in [6.45, 7) is 1.83. The quantitative estimate of drug-likeness (QED) is 0.762. The second kappa shape index (κ2) is 6.76. The van der Waals surface area contributed by atoms with Crippen LogP contribution in [0.4, 0.5) is 0 Å². The van der Waals surface area contributed by atoms with Gasteiger partial charge in [0.25, 0.3) is 0 Å². The van der Waals surface area contributed by atoms with Crippen LogP contribution in [0, 0.1) is 0 Å². The minimum absolute atomic E-state index is 0.0879. The highest BCUT2D eigenvalue weighted by atomic mass is 16.4. The molecule has 5 nitrogen and oxygen atoms in total. The van der Waals surface area contributed by atoms with Crippen LogP contribution in [-0.4, -0.2) is 46.7 Å². The van der Waals surface area contributed by atoms with E-state index < -0.39 is 11.9 Å². The second-order valence-electron chi connectivity index (χ2n) is 4.27. The summed E-state index contributed by atoms with van der Waals surface area (Å²) >= 11 is 0. The van der Waals surface area contributed by atoms with Crippen molar-refractivity contribution in [2.75, 3.05) is 19.6 Å². The molecule has 1 aromatic rings. The van der Waals surface area contributed by atoms with Gasteiger partial charge in [-0.25, -0.2) is 0 Å². The van der Waals surface area contributed by atoms with Gasteiger partial charge in [0.1, 0.15) is 0 Å². The van der Waals surface area contributed by atoms with E-state index in [1.807, 2.05) is 37.3 Å². The Hall–Kier alpha value is -1.88. The van der Waals surface area contributed by atoms with Crippen molar-refractivity contribution in [1.82, 2.24) is 4.90 Å². The van der Waals surface area contributed by atoms with E-state index >= 15 is 0 Å². The summed E-state index contributed by atoms with van der Waals surface area (Å²) in [5.74, 6) is -1.95. The van der Waals surface area contributed by atoms with Gasteiger partial charge in [-0.2, -0.15) is 0 Å². The zero-order chi connectivity index (χ0) is 13.5. The van der Waals surface area contributed by atoms with E-state index in [0.29, 0.717) is 6.54 Å². The van der Waals surface area contributed by atoms with Crippen LogP contribution >= 0.6 is 0 Å². The molecule has 0 fully saturated rings. The molecule has 0 spiro atoms. The Morgan fingerprint density at radius 1 is 1.11 bits per heavy atom. The predicted octanol–water partition coefficient (Wildman–Crippen LogP) is 1.26. The molecule has 2 N–H and O–H groups in total.